The molecule has 0 aliphatic carbocycles. The molecule has 5 heteroatoms. The van der Waals surface area contributed by atoms with Gasteiger partial charge in [0.15, 0.2) is 0 Å². The molecule has 1 aromatic heterocycles. The predicted octanol–water partition coefficient (Wildman–Crippen LogP) is 1.49. The first-order valence-corrected chi connectivity index (χ1v) is 4.11. The van der Waals surface area contributed by atoms with E-state index in [1.54, 1.807) is 10.9 Å². The Bertz CT molecular complexity index is 369. The van der Waals surface area contributed by atoms with Crippen LogP contribution in [0.15, 0.2) is 23.3 Å². The zero-order valence-electron chi connectivity index (χ0n) is 6.10. The Labute approximate surface area is 77.3 Å². The number of urea groups is 1. The highest BCUT2D eigenvalue weighted by molar-refractivity contribution is 9.10. The number of halogens is 1. The fourth-order valence-electron chi connectivity index (χ4n) is 1.09. The molecule has 0 aromatic carbocycles. The highest BCUT2D eigenvalue weighted by Crippen LogP contribution is 2.20. The van der Waals surface area contributed by atoms with Crippen molar-refractivity contribution in [2.24, 2.45) is 0 Å². The van der Waals surface area contributed by atoms with Gasteiger partial charge in [-0.05, 0) is 22.0 Å². The van der Waals surface area contributed by atoms with Crippen LogP contribution in [0.2, 0.25) is 0 Å². The zero-order chi connectivity index (χ0) is 8.72. The largest absolute Gasteiger partial charge is 0.338 e. The summed E-state index contributed by atoms with van der Waals surface area (Å²) >= 11 is 3.30. The summed E-state index contributed by atoms with van der Waals surface area (Å²) in [5, 5.41) is 2.56. The third kappa shape index (κ3) is 1.02. The molecule has 0 spiro atoms. The van der Waals surface area contributed by atoms with Crippen LogP contribution in [-0.4, -0.2) is 10.7 Å². The Morgan fingerprint density at radius 2 is 2.33 bits per heavy atom. The van der Waals surface area contributed by atoms with Gasteiger partial charge in [0.1, 0.15) is 0 Å². The molecule has 0 bridgehead atoms. The van der Waals surface area contributed by atoms with Gasteiger partial charge in [-0.2, -0.15) is 0 Å². The van der Waals surface area contributed by atoms with Gasteiger partial charge in [-0.3, -0.25) is 4.68 Å². The van der Waals surface area contributed by atoms with Crippen LogP contribution in [0.3, 0.4) is 0 Å². The van der Waals surface area contributed by atoms with E-state index in [-0.39, 0.29) is 6.03 Å². The van der Waals surface area contributed by atoms with E-state index in [1.807, 2.05) is 6.07 Å². The van der Waals surface area contributed by atoms with Gasteiger partial charge in [-0.1, -0.05) is 6.58 Å². The highest BCUT2D eigenvalue weighted by atomic mass is 79.9. The molecule has 2 rings (SSSR count). The summed E-state index contributed by atoms with van der Waals surface area (Å²) in [5.74, 6) is 0. The summed E-state index contributed by atoms with van der Waals surface area (Å²) in [4.78, 5) is 10.9. The molecule has 0 atom stereocenters. The van der Waals surface area contributed by atoms with E-state index >= 15 is 0 Å². The fraction of sp³-hybridized carbons (Fsp3) is 0. The maximum atomic E-state index is 10.9. The van der Waals surface area contributed by atoms with Crippen LogP contribution in [0.5, 0.6) is 0 Å². The van der Waals surface area contributed by atoms with Gasteiger partial charge < -0.3 is 5.32 Å². The number of aromatic nitrogens is 1. The molecular weight excluding hydrogens is 222 g/mol. The van der Waals surface area contributed by atoms with Crippen molar-refractivity contribution < 1.29 is 4.79 Å². The van der Waals surface area contributed by atoms with Crippen LogP contribution in [0.1, 0.15) is 5.69 Å². The van der Waals surface area contributed by atoms with E-state index < -0.39 is 0 Å². The van der Waals surface area contributed by atoms with E-state index in [9.17, 15) is 4.79 Å². The Balaban J connectivity index is 2.53. The van der Waals surface area contributed by atoms with Gasteiger partial charge in [-0.25, -0.2) is 10.2 Å². The van der Waals surface area contributed by atoms with Gasteiger partial charge in [0.25, 0.3) is 0 Å². The minimum absolute atomic E-state index is 0.268. The molecule has 4 nitrogen and oxygen atoms in total. The molecule has 0 unspecified atom stereocenters. The summed E-state index contributed by atoms with van der Waals surface area (Å²) in [6, 6.07) is 1.60. The van der Waals surface area contributed by atoms with Crippen molar-refractivity contribution in [3.8, 4) is 0 Å². The average molecular weight is 228 g/mol. The first kappa shape index (κ1) is 7.42. The number of fused-ring (bicyclic) bond motifs is 1. The first-order chi connectivity index (χ1) is 5.66. The average Bonchev–Trinajstić information content (AvgIpc) is 2.29. The standard InChI is InChI=1S/C7H6BrN3O/c1-4-6-2-5(8)3-11(6)10-7(12)9-4/h2-3H,1H2,(H2,9,10,12). The van der Waals surface area contributed by atoms with Crippen molar-refractivity contribution in [2.45, 2.75) is 0 Å². The lowest BCUT2D eigenvalue weighted by Gasteiger charge is -2.18. The quantitative estimate of drug-likeness (QED) is 0.694. The molecule has 12 heavy (non-hydrogen) atoms. The lowest BCUT2D eigenvalue weighted by molar-refractivity contribution is 0.252. The van der Waals surface area contributed by atoms with Crippen molar-refractivity contribution in [1.82, 2.24) is 9.99 Å². The van der Waals surface area contributed by atoms with Gasteiger partial charge in [0.05, 0.1) is 11.4 Å². The summed E-state index contributed by atoms with van der Waals surface area (Å²) in [5.41, 5.74) is 4.04. The summed E-state index contributed by atoms with van der Waals surface area (Å²) in [6.07, 6.45) is 1.76. The predicted molar refractivity (Wildman–Crippen MR) is 49.1 cm³/mol. The third-order valence-electron chi connectivity index (χ3n) is 1.58. The van der Waals surface area contributed by atoms with Crippen LogP contribution in [-0.2, 0) is 0 Å². The van der Waals surface area contributed by atoms with E-state index in [0.29, 0.717) is 5.70 Å². The number of carbonyl (C=O) groups is 1. The highest BCUT2D eigenvalue weighted by Gasteiger charge is 2.16. The normalized spacial score (nSPS) is 15.1. The summed E-state index contributed by atoms with van der Waals surface area (Å²) < 4.78 is 2.52. The van der Waals surface area contributed by atoms with Crippen LogP contribution < -0.4 is 10.7 Å². The van der Waals surface area contributed by atoms with Crippen molar-refractivity contribution in [2.75, 3.05) is 5.43 Å². The van der Waals surface area contributed by atoms with Gasteiger partial charge in [0, 0.05) is 10.7 Å². The second kappa shape index (κ2) is 2.38. The van der Waals surface area contributed by atoms with Crippen molar-refractivity contribution in [3.63, 3.8) is 0 Å². The third-order valence-corrected chi connectivity index (χ3v) is 2.02. The first-order valence-electron chi connectivity index (χ1n) is 3.32. The zero-order valence-corrected chi connectivity index (χ0v) is 7.68. The van der Waals surface area contributed by atoms with Gasteiger partial charge in [-0.15, -0.1) is 0 Å². The van der Waals surface area contributed by atoms with Gasteiger partial charge in [0.2, 0.25) is 0 Å². The van der Waals surface area contributed by atoms with E-state index in [0.717, 1.165) is 10.2 Å². The lowest BCUT2D eigenvalue weighted by Crippen LogP contribution is -2.38. The topological polar surface area (TPSA) is 46.1 Å². The lowest BCUT2D eigenvalue weighted by atomic mass is 10.3. The molecule has 0 saturated heterocycles. The smallest absolute Gasteiger partial charge is 0.305 e. The van der Waals surface area contributed by atoms with Crippen LogP contribution in [0.4, 0.5) is 4.79 Å². The molecule has 62 valence electrons. The maximum Gasteiger partial charge on any atom is 0.338 e. The Morgan fingerprint density at radius 3 is 3.08 bits per heavy atom. The molecule has 0 saturated carbocycles. The Kier molecular flexibility index (Phi) is 1.47. The van der Waals surface area contributed by atoms with Crippen LogP contribution in [0.25, 0.3) is 5.70 Å². The van der Waals surface area contributed by atoms with E-state index in [1.165, 1.54) is 0 Å². The monoisotopic (exact) mass is 227 g/mol. The fourth-order valence-corrected chi connectivity index (χ4v) is 1.52. The Morgan fingerprint density at radius 1 is 1.58 bits per heavy atom. The maximum absolute atomic E-state index is 10.9. The molecular formula is C7H6BrN3O. The van der Waals surface area contributed by atoms with Crippen LogP contribution >= 0.6 is 15.9 Å². The second-order valence-electron chi connectivity index (χ2n) is 2.46. The number of carbonyl (C=O) groups excluding carboxylic acids is 1. The molecule has 2 N–H and O–H groups in total. The number of nitrogens with zero attached hydrogens (tertiary/aromatic N) is 1. The molecule has 1 aromatic rings. The molecule has 1 aliphatic rings. The van der Waals surface area contributed by atoms with E-state index in [2.05, 4.69) is 33.3 Å². The van der Waals surface area contributed by atoms with Crippen LogP contribution in [0, 0.1) is 0 Å². The molecule has 2 heterocycles. The van der Waals surface area contributed by atoms with E-state index in [4.69, 9.17) is 0 Å². The summed E-state index contributed by atoms with van der Waals surface area (Å²) in [6.45, 7) is 3.71. The number of hydrogen-bond donors (Lipinski definition) is 2. The number of rotatable bonds is 0. The second-order valence-corrected chi connectivity index (χ2v) is 3.37. The number of hydrogen-bond acceptors (Lipinski definition) is 1. The van der Waals surface area contributed by atoms with Crippen molar-refractivity contribution in [3.05, 3.63) is 29.0 Å². The van der Waals surface area contributed by atoms with Crippen molar-refractivity contribution in [1.29, 1.82) is 0 Å². The SMILES string of the molecule is C=C1NC(=O)Nn2cc(Br)cc21. The molecule has 0 fully saturated rings. The molecule has 1 aliphatic heterocycles. The molecule has 0 radical (unpaired) electrons. The number of amides is 2. The summed E-state index contributed by atoms with van der Waals surface area (Å²) in [7, 11) is 0. The number of nitrogens with one attached hydrogen (secondary N) is 2. The Hall–Kier alpha value is -1.23. The minimum atomic E-state index is -0.268. The minimum Gasteiger partial charge on any atom is -0.305 e. The van der Waals surface area contributed by atoms with Crippen molar-refractivity contribution >= 4 is 27.7 Å². The molecule has 2 amide bonds. The van der Waals surface area contributed by atoms with Gasteiger partial charge >= 0.3 is 6.03 Å².